The first-order valence-electron chi connectivity index (χ1n) is 6.63. The van der Waals surface area contributed by atoms with Gasteiger partial charge in [-0.05, 0) is 40.2 Å². The predicted octanol–water partition coefficient (Wildman–Crippen LogP) is 2.39. The van der Waals surface area contributed by atoms with Crippen LogP contribution in [-0.2, 0) is 4.74 Å². The molecular formula is C13H26N2O2. The van der Waals surface area contributed by atoms with E-state index in [-0.39, 0.29) is 17.2 Å². The number of rotatable bonds is 0. The van der Waals surface area contributed by atoms with Crippen molar-refractivity contribution in [3.8, 4) is 0 Å². The number of hydrogen-bond donors (Lipinski definition) is 1. The van der Waals surface area contributed by atoms with Crippen LogP contribution in [0.4, 0.5) is 4.79 Å². The minimum Gasteiger partial charge on any atom is -0.444 e. The lowest BCUT2D eigenvalue weighted by molar-refractivity contribution is -0.0121. The summed E-state index contributed by atoms with van der Waals surface area (Å²) in [7, 11) is 0. The van der Waals surface area contributed by atoms with Crippen molar-refractivity contribution in [2.45, 2.75) is 58.6 Å². The van der Waals surface area contributed by atoms with Gasteiger partial charge in [-0.2, -0.15) is 0 Å². The number of likely N-dealkylation sites (tertiary alicyclic amines) is 1. The summed E-state index contributed by atoms with van der Waals surface area (Å²) in [6.45, 7) is 12.4. The number of hydrogen-bond acceptors (Lipinski definition) is 3. The van der Waals surface area contributed by atoms with Gasteiger partial charge in [0.05, 0.1) is 5.54 Å². The summed E-state index contributed by atoms with van der Waals surface area (Å²) in [5, 5.41) is 3.47. The lowest BCUT2D eigenvalue weighted by Crippen LogP contribution is -2.68. The molecular weight excluding hydrogens is 216 g/mol. The monoisotopic (exact) mass is 242 g/mol. The van der Waals surface area contributed by atoms with E-state index in [4.69, 9.17) is 4.74 Å². The van der Waals surface area contributed by atoms with Gasteiger partial charge in [0.1, 0.15) is 5.60 Å². The fraction of sp³-hybridized carbons (Fsp3) is 0.923. The maximum atomic E-state index is 11.7. The van der Waals surface area contributed by atoms with Crippen LogP contribution in [0.1, 0.15) is 47.5 Å². The van der Waals surface area contributed by atoms with E-state index in [2.05, 4.69) is 5.32 Å². The van der Waals surface area contributed by atoms with E-state index in [1.807, 2.05) is 34.6 Å². The van der Waals surface area contributed by atoms with E-state index in [1.165, 1.54) is 12.8 Å². The fourth-order valence-corrected chi connectivity index (χ4v) is 2.28. The van der Waals surface area contributed by atoms with Gasteiger partial charge in [0.2, 0.25) is 0 Å². The maximum Gasteiger partial charge on any atom is 0.410 e. The van der Waals surface area contributed by atoms with Crippen LogP contribution >= 0.6 is 0 Å². The van der Waals surface area contributed by atoms with E-state index < -0.39 is 0 Å². The van der Waals surface area contributed by atoms with Crippen molar-refractivity contribution < 1.29 is 9.53 Å². The number of nitrogens with zero attached hydrogens (tertiary/aromatic N) is 1. The molecule has 0 aromatic heterocycles. The van der Waals surface area contributed by atoms with Crippen LogP contribution in [0.2, 0.25) is 0 Å². The summed E-state index contributed by atoms with van der Waals surface area (Å²) in [5.41, 5.74) is -0.167. The molecule has 2 fully saturated rings. The second-order valence-electron chi connectivity index (χ2n) is 5.65. The predicted molar refractivity (Wildman–Crippen MR) is 69.1 cm³/mol. The van der Waals surface area contributed by atoms with Crippen LogP contribution in [0.15, 0.2) is 0 Å². The Morgan fingerprint density at radius 2 is 1.88 bits per heavy atom. The van der Waals surface area contributed by atoms with Crippen molar-refractivity contribution >= 4 is 6.09 Å². The van der Waals surface area contributed by atoms with E-state index in [1.54, 1.807) is 4.90 Å². The Bertz CT molecular complexity index is 257. The van der Waals surface area contributed by atoms with Gasteiger partial charge in [-0.25, -0.2) is 4.79 Å². The summed E-state index contributed by atoms with van der Waals surface area (Å²) in [4.78, 5) is 13.4. The van der Waals surface area contributed by atoms with Crippen LogP contribution in [0.3, 0.4) is 0 Å². The van der Waals surface area contributed by atoms with Crippen molar-refractivity contribution in [2.24, 2.45) is 0 Å². The lowest BCUT2D eigenvalue weighted by atomic mass is 9.89. The minimum atomic E-state index is -0.386. The molecule has 1 N–H and O–H groups in total. The topological polar surface area (TPSA) is 41.6 Å². The highest BCUT2D eigenvalue weighted by atomic mass is 16.6. The van der Waals surface area contributed by atoms with Gasteiger partial charge in [0, 0.05) is 13.1 Å². The molecule has 2 rings (SSSR count). The maximum absolute atomic E-state index is 11.7. The van der Waals surface area contributed by atoms with Crippen molar-refractivity contribution in [3.05, 3.63) is 0 Å². The SMILES string of the molecule is CC.CC(C)(C)OC(=O)N1CC2(CCCN2)C1. The van der Waals surface area contributed by atoms with Crippen LogP contribution in [0, 0.1) is 0 Å². The minimum absolute atomic E-state index is 0.179. The van der Waals surface area contributed by atoms with Gasteiger partial charge >= 0.3 is 6.09 Å². The molecule has 0 aliphatic carbocycles. The molecule has 0 saturated carbocycles. The van der Waals surface area contributed by atoms with E-state index in [0.717, 1.165) is 19.6 Å². The molecule has 0 aromatic carbocycles. The molecule has 100 valence electrons. The summed E-state index contributed by atoms with van der Waals surface area (Å²) in [6, 6.07) is 0. The molecule has 0 bridgehead atoms. The van der Waals surface area contributed by atoms with Gasteiger partial charge in [0.25, 0.3) is 0 Å². The number of nitrogens with one attached hydrogen (secondary N) is 1. The third-order valence-corrected chi connectivity index (χ3v) is 2.97. The van der Waals surface area contributed by atoms with Crippen LogP contribution in [-0.4, -0.2) is 41.8 Å². The molecule has 2 aliphatic heterocycles. The van der Waals surface area contributed by atoms with Crippen LogP contribution < -0.4 is 5.32 Å². The molecule has 1 amide bonds. The number of carbonyl (C=O) groups excluding carboxylic acids is 1. The first kappa shape index (κ1) is 14.3. The third kappa shape index (κ3) is 3.60. The number of amides is 1. The summed E-state index contributed by atoms with van der Waals surface area (Å²) in [5.74, 6) is 0. The largest absolute Gasteiger partial charge is 0.444 e. The molecule has 0 atom stereocenters. The standard InChI is InChI=1S/C11H20N2O2.C2H6/c1-10(2,3)15-9(14)13-7-11(8-13)5-4-6-12-11;1-2/h12H,4-8H2,1-3H3;1-2H3. The van der Waals surface area contributed by atoms with Crippen LogP contribution in [0.25, 0.3) is 0 Å². The zero-order chi connectivity index (χ0) is 13.1. The second-order valence-corrected chi connectivity index (χ2v) is 5.65. The molecule has 0 aromatic rings. The average Bonchev–Trinajstić information content (AvgIpc) is 2.64. The molecule has 2 aliphatic rings. The van der Waals surface area contributed by atoms with E-state index >= 15 is 0 Å². The average molecular weight is 242 g/mol. The Labute approximate surface area is 105 Å². The van der Waals surface area contributed by atoms with E-state index in [0.29, 0.717) is 0 Å². The van der Waals surface area contributed by atoms with Crippen molar-refractivity contribution in [3.63, 3.8) is 0 Å². The molecule has 0 radical (unpaired) electrons. The van der Waals surface area contributed by atoms with Gasteiger partial charge in [-0.1, -0.05) is 13.8 Å². The van der Waals surface area contributed by atoms with E-state index in [9.17, 15) is 4.79 Å². The highest BCUT2D eigenvalue weighted by Crippen LogP contribution is 2.30. The number of ether oxygens (including phenoxy) is 1. The van der Waals surface area contributed by atoms with Gasteiger partial charge in [-0.3, -0.25) is 0 Å². The third-order valence-electron chi connectivity index (χ3n) is 2.97. The van der Waals surface area contributed by atoms with Crippen molar-refractivity contribution in [2.75, 3.05) is 19.6 Å². The van der Waals surface area contributed by atoms with Gasteiger partial charge in [-0.15, -0.1) is 0 Å². The zero-order valence-electron chi connectivity index (χ0n) is 11.8. The summed E-state index contributed by atoms with van der Waals surface area (Å²) < 4.78 is 5.30. The first-order valence-corrected chi connectivity index (χ1v) is 6.63. The molecule has 1 spiro atoms. The van der Waals surface area contributed by atoms with Gasteiger partial charge in [0.15, 0.2) is 0 Å². The first-order chi connectivity index (χ1) is 7.90. The Kier molecular flexibility index (Phi) is 4.42. The Morgan fingerprint density at radius 1 is 1.29 bits per heavy atom. The molecule has 2 saturated heterocycles. The number of carbonyl (C=O) groups is 1. The molecule has 4 nitrogen and oxygen atoms in total. The van der Waals surface area contributed by atoms with Gasteiger partial charge < -0.3 is 15.0 Å². The highest BCUT2D eigenvalue weighted by molar-refractivity contribution is 5.69. The quantitative estimate of drug-likeness (QED) is 0.709. The Hall–Kier alpha value is -0.770. The Morgan fingerprint density at radius 3 is 2.29 bits per heavy atom. The molecule has 2 heterocycles. The fourth-order valence-electron chi connectivity index (χ4n) is 2.28. The Balaban J connectivity index is 0.000000686. The highest BCUT2D eigenvalue weighted by Gasteiger charge is 2.47. The zero-order valence-corrected chi connectivity index (χ0v) is 11.8. The molecule has 17 heavy (non-hydrogen) atoms. The smallest absolute Gasteiger partial charge is 0.410 e. The lowest BCUT2D eigenvalue weighted by Gasteiger charge is -2.48. The molecule has 0 unspecified atom stereocenters. The second kappa shape index (κ2) is 5.25. The van der Waals surface area contributed by atoms with Crippen molar-refractivity contribution in [1.82, 2.24) is 10.2 Å². The van der Waals surface area contributed by atoms with Crippen LogP contribution in [0.5, 0.6) is 0 Å². The van der Waals surface area contributed by atoms with Crippen molar-refractivity contribution in [1.29, 1.82) is 0 Å². The summed E-state index contributed by atoms with van der Waals surface area (Å²) >= 11 is 0. The summed E-state index contributed by atoms with van der Waals surface area (Å²) in [6.07, 6.45) is 2.23. The molecule has 4 heteroatoms. The normalized spacial score (nSPS) is 21.6.